The average molecular weight is 367 g/mol. The average Bonchev–Trinajstić information content (AvgIpc) is 2.60. The van der Waals surface area contributed by atoms with Crippen molar-refractivity contribution in [3.63, 3.8) is 0 Å². The summed E-state index contributed by atoms with van der Waals surface area (Å²) in [6, 6.07) is 9.44. The van der Waals surface area contributed by atoms with E-state index < -0.39 is 12.3 Å². The van der Waals surface area contributed by atoms with Crippen molar-refractivity contribution in [3.8, 4) is 17.2 Å². The highest BCUT2D eigenvalue weighted by molar-refractivity contribution is 6.04. The van der Waals surface area contributed by atoms with Crippen molar-refractivity contribution in [1.82, 2.24) is 0 Å². The van der Waals surface area contributed by atoms with Gasteiger partial charge in [-0.25, -0.2) is 0 Å². The second kappa shape index (κ2) is 8.28. The molecule has 26 heavy (non-hydrogen) atoms. The van der Waals surface area contributed by atoms with Crippen LogP contribution in [-0.4, -0.2) is 26.0 Å². The lowest BCUT2D eigenvalue weighted by Crippen LogP contribution is -2.17. The zero-order chi connectivity index (χ0) is 19.2. The molecule has 0 aliphatic heterocycles. The summed E-state index contributed by atoms with van der Waals surface area (Å²) < 4.78 is 50.8. The smallest absolute Gasteiger partial charge is 0.493 e. The van der Waals surface area contributed by atoms with Crippen molar-refractivity contribution in [2.24, 2.45) is 0 Å². The van der Waals surface area contributed by atoms with Gasteiger partial charge in [-0.2, -0.15) is 0 Å². The zero-order valence-corrected chi connectivity index (χ0v) is 13.8. The summed E-state index contributed by atoms with van der Waals surface area (Å²) in [5.74, 6) is -0.00465. The summed E-state index contributed by atoms with van der Waals surface area (Å²) in [4.78, 5) is 12.3. The highest BCUT2D eigenvalue weighted by Gasteiger charge is 2.30. The Morgan fingerprint density at radius 1 is 1.15 bits per heavy atom. The van der Waals surface area contributed by atoms with Crippen molar-refractivity contribution in [2.45, 2.75) is 6.36 Å². The molecule has 0 aliphatic carbocycles. The fourth-order valence-electron chi connectivity index (χ4n) is 2.02. The number of carbonyl (C=O) groups excluding carboxylic acids is 1. The Morgan fingerprint density at radius 2 is 1.85 bits per heavy atom. The van der Waals surface area contributed by atoms with Gasteiger partial charge in [0.05, 0.1) is 7.11 Å². The maximum absolute atomic E-state index is 12.3. The van der Waals surface area contributed by atoms with Crippen molar-refractivity contribution < 1.29 is 32.2 Å². The number of carbonyl (C=O) groups is 1. The van der Waals surface area contributed by atoms with Gasteiger partial charge < -0.3 is 19.5 Å². The first-order valence-corrected chi connectivity index (χ1v) is 7.41. The molecule has 0 saturated heterocycles. The number of hydrogen-bond donors (Lipinski definition) is 1. The van der Waals surface area contributed by atoms with Crippen LogP contribution < -0.4 is 19.5 Å². The van der Waals surface area contributed by atoms with E-state index in [4.69, 9.17) is 9.47 Å². The summed E-state index contributed by atoms with van der Waals surface area (Å²) >= 11 is 0. The van der Waals surface area contributed by atoms with Crippen LogP contribution in [0.3, 0.4) is 0 Å². The van der Waals surface area contributed by atoms with Gasteiger partial charge in [0.2, 0.25) is 0 Å². The number of rotatable bonds is 7. The molecule has 138 valence electrons. The van der Waals surface area contributed by atoms with E-state index in [0.29, 0.717) is 22.7 Å². The van der Waals surface area contributed by atoms with E-state index in [0.717, 1.165) is 12.1 Å². The lowest BCUT2D eigenvalue weighted by molar-refractivity contribution is -0.274. The number of amides is 1. The van der Waals surface area contributed by atoms with Gasteiger partial charge in [-0.3, -0.25) is 4.79 Å². The summed E-state index contributed by atoms with van der Waals surface area (Å²) in [6.07, 6.45) is -3.19. The molecule has 1 N–H and O–H groups in total. The Balaban J connectivity index is 2.08. The summed E-state index contributed by atoms with van der Waals surface area (Å²) in [5.41, 5.74) is 0.610. The minimum absolute atomic E-state index is 0.286. The van der Waals surface area contributed by atoms with Crippen LogP contribution in [0.2, 0.25) is 0 Å². The fourth-order valence-corrected chi connectivity index (χ4v) is 2.02. The van der Waals surface area contributed by atoms with E-state index in [1.54, 1.807) is 12.1 Å². The molecule has 0 atom stereocenters. The van der Waals surface area contributed by atoms with E-state index in [-0.39, 0.29) is 12.4 Å². The SMILES string of the molecule is C=CCOc1ccc(C(=O)Nc2ccc(OC(F)(F)F)cc2)cc1OC. The van der Waals surface area contributed by atoms with Gasteiger partial charge in [-0.15, -0.1) is 13.2 Å². The molecule has 5 nitrogen and oxygen atoms in total. The van der Waals surface area contributed by atoms with Gasteiger partial charge >= 0.3 is 6.36 Å². The molecule has 0 saturated carbocycles. The van der Waals surface area contributed by atoms with Crippen molar-refractivity contribution in [1.29, 1.82) is 0 Å². The zero-order valence-electron chi connectivity index (χ0n) is 13.8. The molecule has 0 unspecified atom stereocenters. The number of alkyl halides is 3. The van der Waals surface area contributed by atoms with Crippen molar-refractivity contribution in [2.75, 3.05) is 19.0 Å². The Hall–Kier alpha value is -3.16. The Kier molecular flexibility index (Phi) is 6.11. The van der Waals surface area contributed by atoms with E-state index in [2.05, 4.69) is 16.6 Å². The lowest BCUT2D eigenvalue weighted by atomic mass is 10.2. The predicted octanol–water partition coefficient (Wildman–Crippen LogP) is 4.41. The Labute approximate surface area is 148 Å². The van der Waals surface area contributed by atoms with Crippen molar-refractivity contribution in [3.05, 3.63) is 60.7 Å². The third kappa shape index (κ3) is 5.44. The standard InChI is InChI=1S/C18H16F3NO4/c1-3-10-25-15-9-4-12(11-16(15)24-2)17(23)22-13-5-7-14(8-6-13)26-18(19,20)21/h3-9,11H,1,10H2,2H3,(H,22,23). The number of ether oxygens (including phenoxy) is 3. The monoisotopic (exact) mass is 367 g/mol. The molecular weight excluding hydrogens is 351 g/mol. The van der Waals surface area contributed by atoms with Crippen LogP contribution in [0.5, 0.6) is 17.2 Å². The summed E-state index contributed by atoms with van der Waals surface area (Å²) in [5, 5.41) is 2.57. The van der Waals surface area contributed by atoms with Gasteiger partial charge in [0.15, 0.2) is 11.5 Å². The number of hydrogen-bond acceptors (Lipinski definition) is 4. The topological polar surface area (TPSA) is 56.8 Å². The number of nitrogens with one attached hydrogen (secondary N) is 1. The number of benzene rings is 2. The molecule has 0 radical (unpaired) electrons. The lowest BCUT2D eigenvalue weighted by Gasteiger charge is -2.12. The fraction of sp³-hybridized carbons (Fsp3) is 0.167. The highest BCUT2D eigenvalue weighted by Crippen LogP contribution is 2.29. The summed E-state index contributed by atoms with van der Waals surface area (Å²) in [7, 11) is 1.44. The molecule has 1 amide bonds. The van der Waals surface area contributed by atoms with Crippen LogP contribution >= 0.6 is 0 Å². The van der Waals surface area contributed by atoms with Crippen molar-refractivity contribution >= 4 is 11.6 Å². The van der Waals surface area contributed by atoms with Gasteiger partial charge in [-0.05, 0) is 42.5 Å². The van der Waals surface area contributed by atoms with E-state index >= 15 is 0 Å². The second-order valence-corrected chi connectivity index (χ2v) is 4.99. The molecule has 0 aliphatic rings. The minimum atomic E-state index is -4.77. The molecule has 2 aromatic carbocycles. The quantitative estimate of drug-likeness (QED) is 0.737. The second-order valence-electron chi connectivity index (χ2n) is 4.99. The van der Waals surface area contributed by atoms with E-state index in [1.807, 2.05) is 0 Å². The van der Waals surface area contributed by atoms with Crippen LogP contribution in [0, 0.1) is 0 Å². The van der Waals surface area contributed by atoms with Crippen LogP contribution in [0.25, 0.3) is 0 Å². The summed E-state index contributed by atoms with van der Waals surface area (Å²) in [6.45, 7) is 3.83. The van der Waals surface area contributed by atoms with Gasteiger partial charge in [0, 0.05) is 11.3 Å². The van der Waals surface area contributed by atoms with E-state index in [1.165, 1.54) is 31.4 Å². The van der Waals surface area contributed by atoms with Crippen LogP contribution in [-0.2, 0) is 0 Å². The third-order valence-corrected chi connectivity index (χ3v) is 3.13. The van der Waals surface area contributed by atoms with Crippen LogP contribution in [0.4, 0.5) is 18.9 Å². The molecule has 0 bridgehead atoms. The molecular formula is C18H16F3NO4. The first-order chi connectivity index (χ1) is 12.3. The van der Waals surface area contributed by atoms with Crippen LogP contribution in [0.1, 0.15) is 10.4 Å². The minimum Gasteiger partial charge on any atom is -0.493 e. The van der Waals surface area contributed by atoms with Gasteiger partial charge in [-0.1, -0.05) is 12.7 Å². The largest absolute Gasteiger partial charge is 0.573 e. The van der Waals surface area contributed by atoms with E-state index in [9.17, 15) is 18.0 Å². The van der Waals surface area contributed by atoms with Gasteiger partial charge in [0.25, 0.3) is 5.91 Å². The number of methoxy groups -OCH3 is 1. The highest BCUT2D eigenvalue weighted by atomic mass is 19.4. The number of anilines is 1. The normalized spacial score (nSPS) is 10.8. The molecule has 8 heteroatoms. The molecule has 2 rings (SSSR count). The molecule has 0 aromatic heterocycles. The molecule has 0 spiro atoms. The first-order valence-electron chi connectivity index (χ1n) is 7.41. The molecule has 0 heterocycles. The Bertz CT molecular complexity index is 773. The Morgan fingerprint density at radius 3 is 2.42 bits per heavy atom. The molecule has 0 fully saturated rings. The predicted molar refractivity (Wildman–Crippen MR) is 89.8 cm³/mol. The molecule has 2 aromatic rings. The third-order valence-electron chi connectivity index (χ3n) is 3.13. The maximum Gasteiger partial charge on any atom is 0.573 e. The first kappa shape index (κ1) is 19.2. The maximum atomic E-state index is 12.3. The van der Waals surface area contributed by atoms with Gasteiger partial charge in [0.1, 0.15) is 12.4 Å². The van der Waals surface area contributed by atoms with Crippen LogP contribution in [0.15, 0.2) is 55.1 Å². The number of halogens is 3.